The summed E-state index contributed by atoms with van der Waals surface area (Å²) in [6, 6.07) is 9.33. The molecule has 0 heterocycles. The molecule has 0 unspecified atom stereocenters. The van der Waals surface area contributed by atoms with Crippen molar-refractivity contribution in [3.05, 3.63) is 52.6 Å². The molecule has 0 N–H and O–H groups in total. The number of benzene rings is 1. The quantitative estimate of drug-likeness (QED) is 0.802. The predicted octanol–water partition coefficient (Wildman–Crippen LogP) is 3.23. The molecule has 0 atom stereocenters. The molecule has 1 aromatic rings. The van der Waals surface area contributed by atoms with E-state index in [0.29, 0.717) is 22.3 Å². The molecule has 0 aliphatic heterocycles. The molecule has 0 bridgehead atoms. The maximum absolute atomic E-state index is 12.4. The number of rotatable bonds is 4. The van der Waals surface area contributed by atoms with Crippen LogP contribution < -0.4 is 4.90 Å². The van der Waals surface area contributed by atoms with Crippen LogP contribution in [0.25, 0.3) is 0 Å². The van der Waals surface area contributed by atoms with E-state index in [4.69, 9.17) is 0 Å². The highest BCUT2D eigenvalue weighted by molar-refractivity contribution is 6.24. The predicted molar refractivity (Wildman–Crippen MR) is 90.2 cm³/mol. The Morgan fingerprint density at radius 1 is 0.913 bits per heavy atom. The summed E-state index contributed by atoms with van der Waals surface area (Å²) >= 11 is 0. The van der Waals surface area contributed by atoms with Crippen LogP contribution in [-0.4, -0.2) is 24.5 Å². The Bertz CT molecular complexity index is 726. The van der Waals surface area contributed by atoms with E-state index in [9.17, 15) is 14.4 Å². The van der Waals surface area contributed by atoms with Gasteiger partial charge in [-0.25, -0.2) is 0 Å². The zero-order valence-corrected chi connectivity index (χ0v) is 14.0. The first-order chi connectivity index (χ1) is 10.8. The van der Waals surface area contributed by atoms with Crippen LogP contribution in [0.3, 0.4) is 0 Å². The van der Waals surface area contributed by atoms with Crippen LogP contribution in [0.5, 0.6) is 0 Å². The molecule has 23 heavy (non-hydrogen) atoms. The smallest absolute Gasteiger partial charge is 0.227 e. The molecule has 120 valence electrons. The van der Waals surface area contributed by atoms with Crippen LogP contribution in [0.4, 0.5) is 5.69 Å². The Morgan fingerprint density at radius 3 is 2.09 bits per heavy atom. The number of para-hydroxylation sites is 1. The molecular weight excluding hydrogens is 290 g/mol. The van der Waals surface area contributed by atoms with Gasteiger partial charge >= 0.3 is 0 Å². The molecule has 4 heteroatoms. The lowest BCUT2D eigenvalue weighted by Crippen LogP contribution is -2.27. The number of hydrogen-bond acceptors (Lipinski definition) is 3. The van der Waals surface area contributed by atoms with Crippen LogP contribution in [0.2, 0.25) is 0 Å². The summed E-state index contributed by atoms with van der Waals surface area (Å²) in [5, 5.41) is 0. The van der Waals surface area contributed by atoms with Crippen LogP contribution in [0.1, 0.15) is 33.6 Å². The highest BCUT2D eigenvalue weighted by atomic mass is 16.2. The minimum atomic E-state index is -0.116. The van der Waals surface area contributed by atoms with E-state index in [1.807, 2.05) is 30.3 Å². The van der Waals surface area contributed by atoms with Crippen LogP contribution in [0, 0.1) is 0 Å². The maximum Gasteiger partial charge on any atom is 0.227 e. The molecule has 0 saturated carbocycles. The number of Topliss-reactive ketones (excluding diaryl/α,β-unsaturated/α-hetero) is 2. The second-order valence-electron chi connectivity index (χ2n) is 5.80. The van der Waals surface area contributed by atoms with Crippen molar-refractivity contribution < 1.29 is 14.4 Å². The lowest BCUT2D eigenvalue weighted by Gasteiger charge is -2.20. The van der Waals surface area contributed by atoms with Crippen molar-refractivity contribution in [1.82, 2.24) is 0 Å². The Kier molecular flexibility index (Phi) is 4.94. The topological polar surface area (TPSA) is 54.5 Å². The number of nitrogens with zero attached hydrogens (tertiary/aromatic N) is 1. The summed E-state index contributed by atoms with van der Waals surface area (Å²) in [5.41, 5.74) is 2.73. The lowest BCUT2D eigenvalue weighted by molar-refractivity contribution is -0.118. The van der Waals surface area contributed by atoms with Crippen molar-refractivity contribution in [2.75, 3.05) is 11.9 Å². The fourth-order valence-electron chi connectivity index (χ4n) is 2.65. The van der Waals surface area contributed by atoms with E-state index in [-0.39, 0.29) is 30.3 Å². The first kappa shape index (κ1) is 16.9. The number of ketones is 2. The SMILES string of the molecule is CC1=C(C)C(=O)C(CCC(=O)N(C)c2ccccc2)=C(C)C1=O. The van der Waals surface area contributed by atoms with Crippen LogP contribution in [0.15, 0.2) is 52.6 Å². The molecule has 1 aromatic carbocycles. The van der Waals surface area contributed by atoms with Crippen molar-refractivity contribution in [3.63, 3.8) is 0 Å². The van der Waals surface area contributed by atoms with Crippen molar-refractivity contribution >= 4 is 23.2 Å². The summed E-state index contributed by atoms with van der Waals surface area (Å²) in [6.07, 6.45) is 0.487. The van der Waals surface area contributed by atoms with Gasteiger partial charge in [-0.15, -0.1) is 0 Å². The molecule has 0 fully saturated rings. The monoisotopic (exact) mass is 311 g/mol. The molecule has 4 nitrogen and oxygen atoms in total. The van der Waals surface area contributed by atoms with Gasteiger partial charge in [-0.3, -0.25) is 14.4 Å². The van der Waals surface area contributed by atoms with Gasteiger partial charge in [0.15, 0.2) is 11.6 Å². The van der Waals surface area contributed by atoms with E-state index in [1.54, 1.807) is 32.7 Å². The lowest BCUT2D eigenvalue weighted by atomic mass is 9.84. The van der Waals surface area contributed by atoms with Gasteiger partial charge in [0.2, 0.25) is 5.91 Å². The summed E-state index contributed by atoms with van der Waals surface area (Å²) in [5.74, 6) is -0.295. The average Bonchev–Trinajstić information content (AvgIpc) is 2.58. The Labute approximate surface area is 136 Å². The highest BCUT2D eigenvalue weighted by Gasteiger charge is 2.28. The van der Waals surface area contributed by atoms with Crippen molar-refractivity contribution in [1.29, 1.82) is 0 Å². The van der Waals surface area contributed by atoms with Crippen LogP contribution in [-0.2, 0) is 14.4 Å². The zero-order chi connectivity index (χ0) is 17.1. The molecular formula is C19H21NO3. The summed E-state index contributed by atoms with van der Waals surface area (Å²) in [7, 11) is 1.71. The fourth-order valence-corrected chi connectivity index (χ4v) is 2.65. The minimum absolute atomic E-state index is 0.0827. The largest absolute Gasteiger partial charge is 0.315 e. The molecule has 0 spiro atoms. The van der Waals surface area contributed by atoms with Crippen molar-refractivity contribution in [2.45, 2.75) is 33.6 Å². The Hall–Kier alpha value is -2.49. The van der Waals surface area contributed by atoms with Gasteiger partial charge in [-0.1, -0.05) is 18.2 Å². The van der Waals surface area contributed by atoms with E-state index < -0.39 is 0 Å². The number of amides is 1. The highest BCUT2D eigenvalue weighted by Crippen LogP contribution is 2.27. The standard InChI is InChI=1S/C19H21NO3/c1-12-13(2)19(23)16(14(3)18(12)22)10-11-17(21)20(4)15-8-6-5-7-9-15/h5-9H,10-11H2,1-4H3. The van der Waals surface area contributed by atoms with Gasteiger partial charge in [-0.2, -0.15) is 0 Å². The number of allylic oxidation sites excluding steroid dienone is 4. The minimum Gasteiger partial charge on any atom is -0.315 e. The van der Waals surface area contributed by atoms with E-state index in [0.717, 1.165) is 5.69 Å². The average molecular weight is 311 g/mol. The van der Waals surface area contributed by atoms with Crippen molar-refractivity contribution in [3.8, 4) is 0 Å². The summed E-state index contributed by atoms with van der Waals surface area (Å²) < 4.78 is 0. The third-order valence-electron chi connectivity index (χ3n) is 4.42. The van der Waals surface area contributed by atoms with Gasteiger partial charge in [0.1, 0.15) is 0 Å². The van der Waals surface area contributed by atoms with E-state index >= 15 is 0 Å². The molecule has 2 rings (SSSR count). The molecule has 0 radical (unpaired) electrons. The zero-order valence-electron chi connectivity index (χ0n) is 14.0. The van der Waals surface area contributed by atoms with Crippen molar-refractivity contribution in [2.24, 2.45) is 0 Å². The normalized spacial score (nSPS) is 15.3. The summed E-state index contributed by atoms with van der Waals surface area (Å²) in [6.45, 7) is 5.00. The third-order valence-corrected chi connectivity index (χ3v) is 4.42. The second kappa shape index (κ2) is 6.73. The fraction of sp³-hybridized carbons (Fsp3) is 0.316. The van der Waals surface area contributed by atoms with Gasteiger partial charge in [0.25, 0.3) is 0 Å². The van der Waals surface area contributed by atoms with E-state index in [1.165, 1.54) is 0 Å². The number of carbonyl (C=O) groups excluding carboxylic acids is 3. The number of anilines is 1. The number of hydrogen-bond donors (Lipinski definition) is 0. The molecule has 1 amide bonds. The number of carbonyl (C=O) groups is 3. The van der Waals surface area contributed by atoms with Gasteiger partial charge in [-0.05, 0) is 39.3 Å². The first-order valence-corrected chi connectivity index (χ1v) is 7.62. The maximum atomic E-state index is 12.4. The molecule has 0 saturated heterocycles. The van der Waals surface area contributed by atoms with Gasteiger partial charge in [0, 0.05) is 41.4 Å². The molecule has 0 aromatic heterocycles. The van der Waals surface area contributed by atoms with E-state index in [2.05, 4.69) is 0 Å². The Balaban J connectivity index is 2.10. The molecule has 1 aliphatic carbocycles. The van der Waals surface area contributed by atoms with Gasteiger partial charge < -0.3 is 4.90 Å². The molecule has 1 aliphatic rings. The first-order valence-electron chi connectivity index (χ1n) is 7.62. The third kappa shape index (κ3) is 3.31. The van der Waals surface area contributed by atoms with Crippen LogP contribution >= 0.6 is 0 Å². The van der Waals surface area contributed by atoms with Gasteiger partial charge in [0.05, 0.1) is 0 Å². The second-order valence-corrected chi connectivity index (χ2v) is 5.80. The summed E-state index contributed by atoms with van der Waals surface area (Å²) in [4.78, 5) is 38.4. The Morgan fingerprint density at radius 2 is 1.48 bits per heavy atom.